The van der Waals surface area contributed by atoms with Gasteiger partial charge in [0.25, 0.3) is 0 Å². The lowest BCUT2D eigenvalue weighted by molar-refractivity contribution is -0.274. The molecule has 0 radical (unpaired) electrons. The lowest BCUT2D eigenvalue weighted by Crippen LogP contribution is -2.17. The zero-order valence-electron chi connectivity index (χ0n) is 15.5. The van der Waals surface area contributed by atoms with Gasteiger partial charge < -0.3 is 10.1 Å². The molecule has 0 bridgehead atoms. The number of Topliss-reactive ketones (excluding diaryl/α,β-unsaturated/α-hetero) is 1. The average Bonchev–Trinajstić information content (AvgIpc) is 3.11. The Morgan fingerprint density at radius 3 is 2.50 bits per heavy atom. The number of para-hydroxylation sites is 1. The smallest absolute Gasteiger partial charge is 0.406 e. The van der Waals surface area contributed by atoms with Crippen molar-refractivity contribution in [3.05, 3.63) is 66.5 Å². The van der Waals surface area contributed by atoms with E-state index in [0.717, 1.165) is 27.8 Å². The Balaban J connectivity index is 1.63. The van der Waals surface area contributed by atoms with Crippen molar-refractivity contribution in [3.8, 4) is 11.4 Å². The number of nitrogens with one attached hydrogen (secondary N) is 1. The summed E-state index contributed by atoms with van der Waals surface area (Å²) in [6, 6.07) is 14.4. The predicted octanol–water partition coefficient (Wildman–Crippen LogP) is 4.66. The highest BCUT2D eigenvalue weighted by Gasteiger charge is 2.31. The summed E-state index contributed by atoms with van der Waals surface area (Å²) in [6.45, 7) is 1.35. The molecule has 0 aliphatic rings. The molecule has 4 rings (SSSR count). The number of halogens is 3. The van der Waals surface area contributed by atoms with E-state index in [9.17, 15) is 18.0 Å². The number of pyridine rings is 1. The number of benzene rings is 2. The molecule has 10 heteroatoms. The van der Waals surface area contributed by atoms with Crippen LogP contribution in [0.5, 0.6) is 5.75 Å². The number of hydrogen-bond donors (Lipinski definition) is 1. The third-order valence-corrected chi connectivity index (χ3v) is 4.10. The predicted molar refractivity (Wildman–Crippen MR) is 103 cm³/mol. The molecular weight excluding hydrogens is 399 g/mol. The second-order valence-electron chi connectivity index (χ2n) is 6.33. The van der Waals surface area contributed by atoms with Crippen molar-refractivity contribution >= 4 is 28.2 Å². The molecule has 7 nitrogen and oxygen atoms in total. The molecule has 0 spiro atoms. The lowest BCUT2D eigenvalue weighted by Gasteiger charge is -2.08. The van der Waals surface area contributed by atoms with Crippen LogP contribution >= 0.6 is 0 Å². The van der Waals surface area contributed by atoms with Gasteiger partial charge in [0, 0.05) is 12.3 Å². The van der Waals surface area contributed by atoms with Crippen LogP contribution in [0.1, 0.15) is 17.4 Å². The maximum absolute atomic E-state index is 12.3. The molecule has 1 N–H and O–H groups in total. The van der Waals surface area contributed by atoms with Gasteiger partial charge in [-0.2, -0.15) is 0 Å². The SMILES string of the molecule is CC(=O)c1nn(-c2ccc(OC(F)(F)F)cc2)nc1Nc1cnc2ccccc2c1. The Bertz CT molecular complexity index is 1220. The number of ether oxygens (including phenoxy) is 1. The third kappa shape index (κ3) is 4.22. The first-order valence-electron chi connectivity index (χ1n) is 8.75. The van der Waals surface area contributed by atoms with Gasteiger partial charge in [-0.25, -0.2) is 0 Å². The standard InChI is InChI=1S/C20H14F3N5O2/c1-12(29)18-19(25-14-10-13-4-2-3-5-17(13)24-11-14)27-28(26-18)15-6-8-16(9-7-15)30-20(21,22)23/h2-11H,1H3,(H,25,27). The molecule has 0 aliphatic carbocycles. The summed E-state index contributed by atoms with van der Waals surface area (Å²) in [5.41, 5.74) is 1.87. The number of carbonyl (C=O) groups excluding carboxylic acids is 1. The first-order valence-corrected chi connectivity index (χ1v) is 8.75. The molecule has 0 saturated heterocycles. The molecule has 152 valence electrons. The molecule has 0 unspecified atom stereocenters. The van der Waals surface area contributed by atoms with Gasteiger partial charge in [0.05, 0.1) is 23.1 Å². The second kappa shape index (κ2) is 7.47. The van der Waals surface area contributed by atoms with E-state index in [-0.39, 0.29) is 23.0 Å². The topological polar surface area (TPSA) is 81.9 Å². The van der Waals surface area contributed by atoms with Gasteiger partial charge in [0.15, 0.2) is 17.3 Å². The molecule has 0 aliphatic heterocycles. The van der Waals surface area contributed by atoms with Gasteiger partial charge in [-0.1, -0.05) is 18.2 Å². The number of alkyl halides is 3. The van der Waals surface area contributed by atoms with Crippen molar-refractivity contribution in [1.82, 2.24) is 20.0 Å². The normalized spacial score (nSPS) is 11.5. The molecule has 0 fully saturated rings. The van der Waals surface area contributed by atoms with E-state index in [1.807, 2.05) is 30.3 Å². The monoisotopic (exact) mass is 413 g/mol. The molecule has 2 heterocycles. The molecular formula is C20H14F3N5O2. The number of rotatable bonds is 5. The highest BCUT2D eigenvalue weighted by Crippen LogP contribution is 2.25. The fourth-order valence-corrected chi connectivity index (χ4v) is 2.80. The van der Waals surface area contributed by atoms with Crippen LogP contribution in [0.2, 0.25) is 0 Å². The minimum Gasteiger partial charge on any atom is -0.406 e. The van der Waals surface area contributed by atoms with Crippen LogP contribution in [0.3, 0.4) is 0 Å². The summed E-state index contributed by atoms with van der Waals surface area (Å²) < 4.78 is 40.8. The molecule has 0 atom stereocenters. The summed E-state index contributed by atoms with van der Waals surface area (Å²) in [5.74, 6) is -0.490. The Morgan fingerprint density at radius 1 is 1.07 bits per heavy atom. The van der Waals surface area contributed by atoms with Crippen molar-refractivity contribution in [2.75, 3.05) is 5.32 Å². The summed E-state index contributed by atoms with van der Waals surface area (Å²) in [4.78, 5) is 17.5. The van der Waals surface area contributed by atoms with Gasteiger partial charge in [-0.3, -0.25) is 9.78 Å². The van der Waals surface area contributed by atoms with Crippen molar-refractivity contribution in [2.24, 2.45) is 0 Å². The van der Waals surface area contributed by atoms with Crippen LogP contribution in [-0.2, 0) is 0 Å². The number of anilines is 2. The van der Waals surface area contributed by atoms with E-state index >= 15 is 0 Å². The van der Waals surface area contributed by atoms with Crippen LogP contribution < -0.4 is 10.1 Å². The Kier molecular flexibility index (Phi) is 4.82. The maximum atomic E-state index is 12.3. The van der Waals surface area contributed by atoms with Gasteiger partial charge >= 0.3 is 6.36 Å². The molecule has 0 amide bonds. The number of aromatic nitrogens is 4. The third-order valence-electron chi connectivity index (χ3n) is 4.10. The summed E-state index contributed by atoms with van der Waals surface area (Å²) in [6.07, 6.45) is -3.17. The lowest BCUT2D eigenvalue weighted by atomic mass is 10.2. The summed E-state index contributed by atoms with van der Waals surface area (Å²) in [7, 11) is 0. The van der Waals surface area contributed by atoms with Gasteiger partial charge in [-0.15, -0.1) is 28.2 Å². The van der Waals surface area contributed by atoms with Crippen molar-refractivity contribution < 1.29 is 22.7 Å². The largest absolute Gasteiger partial charge is 0.573 e. The number of carbonyl (C=O) groups is 1. The number of ketones is 1. The maximum Gasteiger partial charge on any atom is 0.573 e. The number of fused-ring (bicyclic) bond motifs is 1. The Labute approximate surface area is 168 Å². The molecule has 30 heavy (non-hydrogen) atoms. The average molecular weight is 413 g/mol. The highest BCUT2D eigenvalue weighted by molar-refractivity contribution is 5.97. The van der Waals surface area contributed by atoms with Gasteiger partial charge in [-0.05, 0) is 36.4 Å². The summed E-state index contributed by atoms with van der Waals surface area (Å²) >= 11 is 0. The second-order valence-corrected chi connectivity index (χ2v) is 6.33. The molecule has 2 aromatic heterocycles. The van der Waals surface area contributed by atoms with Crippen LogP contribution in [0.15, 0.2) is 60.8 Å². The Hall–Kier alpha value is -3.95. The fraction of sp³-hybridized carbons (Fsp3) is 0.100. The quantitative estimate of drug-likeness (QED) is 0.479. The van der Waals surface area contributed by atoms with E-state index in [0.29, 0.717) is 11.4 Å². The van der Waals surface area contributed by atoms with E-state index in [1.165, 1.54) is 19.1 Å². The van der Waals surface area contributed by atoms with Crippen LogP contribution in [0.4, 0.5) is 24.7 Å². The highest BCUT2D eigenvalue weighted by atomic mass is 19.4. The van der Waals surface area contributed by atoms with E-state index in [1.54, 1.807) is 6.20 Å². The molecule has 0 saturated carbocycles. The number of hydrogen-bond acceptors (Lipinski definition) is 6. The molecule has 4 aromatic rings. The van der Waals surface area contributed by atoms with Crippen molar-refractivity contribution in [3.63, 3.8) is 0 Å². The zero-order valence-corrected chi connectivity index (χ0v) is 15.5. The van der Waals surface area contributed by atoms with Crippen LogP contribution in [-0.4, -0.2) is 32.1 Å². The fourth-order valence-electron chi connectivity index (χ4n) is 2.80. The van der Waals surface area contributed by atoms with Crippen molar-refractivity contribution in [2.45, 2.75) is 13.3 Å². The van der Waals surface area contributed by atoms with E-state index in [4.69, 9.17) is 0 Å². The first-order chi connectivity index (χ1) is 14.3. The van der Waals surface area contributed by atoms with Crippen molar-refractivity contribution in [1.29, 1.82) is 0 Å². The first kappa shape index (κ1) is 19.4. The zero-order chi connectivity index (χ0) is 21.3. The van der Waals surface area contributed by atoms with Crippen LogP contribution in [0.25, 0.3) is 16.6 Å². The minimum atomic E-state index is -4.78. The van der Waals surface area contributed by atoms with E-state index in [2.05, 4.69) is 25.2 Å². The van der Waals surface area contributed by atoms with Crippen LogP contribution in [0, 0.1) is 0 Å². The number of nitrogens with zero attached hydrogens (tertiary/aromatic N) is 4. The van der Waals surface area contributed by atoms with Gasteiger partial charge in [0.1, 0.15) is 5.75 Å². The molecule has 2 aromatic carbocycles. The Morgan fingerprint density at radius 2 is 1.80 bits per heavy atom. The minimum absolute atomic E-state index is 0.0822. The van der Waals surface area contributed by atoms with Gasteiger partial charge in [0.2, 0.25) is 0 Å². The van der Waals surface area contributed by atoms with E-state index < -0.39 is 6.36 Å². The summed E-state index contributed by atoms with van der Waals surface area (Å²) in [5, 5.41) is 12.3.